The number of methoxy groups -OCH3 is 1. The molecule has 12 heteroatoms. The van der Waals surface area contributed by atoms with Crippen LogP contribution in [0.4, 0.5) is 4.39 Å². The number of halogens is 1. The van der Waals surface area contributed by atoms with Crippen molar-refractivity contribution in [3.63, 3.8) is 0 Å². The summed E-state index contributed by atoms with van der Waals surface area (Å²) in [5, 5.41) is 8.15. The van der Waals surface area contributed by atoms with Gasteiger partial charge in [0.1, 0.15) is 24.3 Å². The second-order valence-corrected chi connectivity index (χ2v) is 10.8. The van der Waals surface area contributed by atoms with E-state index in [-0.39, 0.29) is 43.9 Å². The quantitative estimate of drug-likeness (QED) is 0.292. The predicted octanol–water partition coefficient (Wildman–Crippen LogP) is 2.27. The van der Waals surface area contributed by atoms with Crippen LogP contribution in [0, 0.1) is 5.82 Å². The van der Waals surface area contributed by atoms with Crippen LogP contribution < -0.4 is 0 Å². The van der Waals surface area contributed by atoms with Gasteiger partial charge in [0, 0.05) is 20.2 Å². The second kappa shape index (κ2) is 11.9. The molecule has 1 aromatic heterocycles. The van der Waals surface area contributed by atoms with Gasteiger partial charge < -0.3 is 14.4 Å². The number of rotatable bonds is 10. The predicted molar refractivity (Wildman–Crippen MR) is 134 cm³/mol. The van der Waals surface area contributed by atoms with Crippen molar-refractivity contribution in [2.75, 3.05) is 32.8 Å². The average molecular weight is 532 g/mol. The maximum Gasteiger partial charge on any atom is 0.241 e. The number of aromatic nitrogens is 3. The van der Waals surface area contributed by atoms with Gasteiger partial charge in [0.05, 0.1) is 31.6 Å². The van der Waals surface area contributed by atoms with Gasteiger partial charge in [0.25, 0.3) is 0 Å². The Labute approximate surface area is 215 Å². The minimum atomic E-state index is -3.69. The molecule has 0 aliphatic carbocycles. The van der Waals surface area contributed by atoms with Gasteiger partial charge in [0.2, 0.25) is 15.9 Å². The molecule has 1 unspecified atom stereocenters. The van der Waals surface area contributed by atoms with Gasteiger partial charge in [-0.1, -0.05) is 41.6 Å². The number of sulfonamides is 1. The molecule has 1 aliphatic heterocycles. The Morgan fingerprint density at radius 1 is 1.05 bits per heavy atom. The molecule has 0 radical (unpaired) electrons. The van der Waals surface area contributed by atoms with E-state index >= 15 is 0 Å². The molecule has 2 aromatic carbocycles. The molecule has 37 heavy (non-hydrogen) atoms. The molecule has 0 saturated carbocycles. The zero-order chi connectivity index (χ0) is 26.4. The zero-order valence-corrected chi connectivity index (χ0v) is 21.6. The van der Waals surface area contributed by atoms with Crippen LogP contribution in [-0.4, -0.2) is 77.4 Å². The van der Waals surface area contributed by atoms with Gasteiger partial charge in [-0.3, -0.25) is 4.79 Å². The third kappa shape index (κ3) is 6.77. The molecule has 10 nitrogen and oxygen atoms in total. The minimum Gasteiger partial charge on any atom is -0.359 e. The summed E-state index contributed by atoms with van der Waals surface area (Å²) in [6.07, 6.45) is 1.72. The smallest absolute Gasteiger partial charge is 0.241 e. The molecule has 2 heterocycles. The summed E-state index contributed by atoms with van der Waals surface area (Å²) in [5.41, 5.74) is 3.06. The van der Waals surface area contributed by atoms with E-state index in [1.807, 2.05) is 24.3 Å². The monoisotopic (exact) mass is 531 g/mol. The fraction of sp³-hybridized carbons (Fsp3) is 0.400. The van der Waals surface area contributed by atoms with Crippen molar-refractivity contribution in [1.82, 2.24) is 24.2 Å². The number of carbonyl (C=O) groups is 1. The largest absolute Gasteiger partial charge is 0.359 e. The first-order chi connectivity index (χ1) is 17.8. The molecular formula is C25H30FN5O5S. The van der Waals surface area contributed by atoms with Crippen molar-refractivity contribution < 1.29 is 27.1 Å². The number of hydrogen-bond acceptors (Lipinski definition) is 7. The topological polar surface area (TPSA) is 107 Å². The highest BCUT2D eigenvalue weighted by Crippen LogP contribution is 2.24. The lowest BCUT2D eigenvalue weighted by atomic mass is 10.0. The molecule has 0 N–H and O–H groups in total. The fourth-order valence-corrected chi connectivity index (χ4v) is 5.72. The summed E-state index contributed by atoms with van der Waals surface area (Å²) in [6, 6.07) is 12.6. The molecule has 1 saturated heterocycles. The summed E-state index contributed by atoms with van der Waals surface area (Å²) < 4.78 is 52.4. The first-order valence-corrected chi connectivity index (χ1v) is 13.5. The van der Waals surface area contributed by atoms with Crippen molar-refractivity contribution >= 4 is 15.9 Å². The van der Waals surface area contributed by atoms with Crippen LogP contribution in [0.5, 0.6) is 0 Å². The third-order valence-corrected chi connectivity index (χ3v) is 8.01. The van der Waals surface area contributed by atoms with E-state index in [4.69, 9.17) is 9.47 Å². The van der Waals surface area contributed by atoms with Crippen LogP contribution in [-0.2, 0) is 43.9 Å². The highest BCUT2D eigenvalue weighted by atomic mass is 32.2. The van der Waals surface area contributed by atoms with E-state index in [1.54, 1.807) is 37.0 Å². The molecule has 1 amide bonds. The number of benzene rings is 2. The van der Waals surface area contributed by atoms with Gasteiger partial charge in [-0.15, -0.1) is 5.10 Å². The molecule has 1 aliphatic rings. The molecule has 3 aromatic rings. The van der Waals surface area contributed by atoms with Crippen LogP contribution in [0.15, 0.2) is 54.7 Å². The van der Waals surface area contributed by atoms with Gasteiger partial charge >= 0.3 is 0 Å². The molecule has 0 bridgehead atoms. The first-order valence-electron chi connectivity index (χ1n) is 11.9. The SMILES string of the molecule is COCOCCn1cc(CN2CCS(=O)(=O)N(Cc3ccc(-c4ccc(F)cc4)cc3)C(C)C2=O)nn1. The lowest BCUT2D eigenvalue weighted by Gasteiger charge is -2.26. The summed E-state index contributed by atoms with van der Waals surface area (Å²) in [5.74, 6) is -0.783. The minimum absolute atomic E-state index is 0.0648. The average Bonchev–Trinajstić information content (AvgIpc) is 3.32. The van der Waals surface area contributed by atoms with Crippen LogP contribution in [0.2, 0.25) is 0 Å². The molecule has 1 fully saturated rings. The van der Waals surface area contributed by atoms with Crippen molar-refractivity contribution in [2.24, 2.45) is 0 Å². The van der Waals surface area contributed by atoms with Crippen molar-refractivity contribution in [3.05, 3.63) is 71.8 Å². The lowest BCUT2D eigenvalue weighted by Crippen LogP contribution is -2.45. The second-order valence-electron chi connectivity index (χ2n) is 8.79. The van der Waals surface area contributed by atoms with E-state index < -0.39 is 16.1 Å². The number of nitrogens with zero attached hydrogens (tertiary/aromatic N) is 5. The normalized spacial score (nSPS) is 18.2. The maximum atomic E-state index is 13.3. The number of carbonyl (C=O) groups excluding carboxylic acids is 1. The Morgan fingerprint density at radius 3 is 2.41 bits per heavy atom. The highest BCUT2D eigenvalue weighted by Gasteiger charge is 2.38. The van der Waals surface area contributed by atoms with Crippen molar-refractivity contribution in [3.8, 4) is 11.1 Å². The first kappa shape index (κ1) is 26.9. The number of ether oxygens (including phenoxy) is 2. The van der Waals surface area contributed by atoms with Gasteiger partial charge in [-0.2, -0.15) is 4.31 Å². The van der Waals surface area contributed by atoms with Crippen molar-refractivity contribution in [1.29, 1.82) is 0 Å². The number of amides is 1. The van der Waals surface area contributed by atoms with E-state index in [1.165, 1.54) is 21.3 Å². The Kier molecular flexibility index (Phi) is 8.64. The van der Waals surface area contributed by atoms with Crippen LogP contribution >= 0.6 is 0 Å². The van der Waals surface area contributed by atoms with E-state index in [0.29, 0.717) is 18.8 Å². The van der Waals surface area contributed by atoms with Crippen molar-refractivity contribution in [2.45, 2.75) is 32.6 Å². The van der Waals surface area contributed by atoms with Gasteiger partial charge in [-0.25, -0.2) is 17.5 Å². The standard InChI is InChI=1S/C25H30FN5O5S/c1-19-25(32)29(16-24-17-30(28-27-24)11-13-36-18-35-2)12-14-37(33,34)31(19)15-20-3-5-21(6-4-20)22-7-9-23(26)10-8-22/h3-10,17,19H,11-16,18H2,1-2H3. The van der Waals surface area contributed by atoms with Crippen LogP contribution in [0.25, 0.3) is 11.1 Å². The molecular weight excluding hydrogens is 501 g/mol. The van der Waals surface area contributed by atoms with Gasteiger partial charge in [-0.05, 0) is 35.7 Å². The Bertz CT molecular complexity index is 1300. The lowest BCUT2D eigenvalue weighted by molar-refractivity contribution is -0.134. The number of hydrogen-bond donors (Lipinski definition) is 0. The van der Waals surface area contributed by atoms with Gasteiger partial charge in [0.15, 0.2) is 0 Å². The van der Waals surface area contributed by atoms with Crippen LogP contribution in [0.3, 0.4) is 0 Å². The summed E-state index contributed by atoms with van der Waals surface area (Å²) in [4.78, 5) is 14.8. The maximum absolute atomic E-state index is 13.3. The van der Waals surface area contributed by atoms with E-state index in [2.05, 4.69) is 10.3 Å². The Morgan fingerprint density at radius 2 is 1.73 bits per heavy atom. The molecule has 198 valence electrons. The fourth-order valence-electron chi connectivity index (χ4n) is 4.11. The summed E-state index contributed by atoms with van der Waals surface area (Å²) >= 11 is 0. The Balaban J connectivity index is 1.42. The summed E-state index contributed by atoms with van der Waals surface area (Å²) in [7, 11) is -2.14. The van der Waals surface area contributed by atoms with E-state index in [9.17, 15) is 17.6 Å². The molecule has 0 spiro atoms. The summed E-state index contributed by atoms with van der Waals surface area (Å²) in [6.45, 7) is 2.97. The third-order valence-electron chi connectivity index (χ3n) is 6.15. The zero-order valence-electron chi connectivity index (χ0n) is 20.8. The van der Waals surface area contributed by atoms with Crippen LogP contribution in [0.1, 0.15) is 18.2 Å². The Hall–Kier alpha value is -3.19. The molecule has 1 atom stereocenters. The molecule has 4 rings (SSSR count). The van der Waals surface area contributed by atoms with E-state index in [0.717, 1.165) is 16.7 Å². The highest BCUT2D eigenvalue weighted by molar-refractivity contribution is 7.89.